The summed E-state index contributed by atoms with van der Waals surface area (Å²) in [5.41, 5.74) is 2.36. The molecule has 0 radical (unpaired) electrons. The van der Waals surface area contributed by atoms with Crippen molar-refractivity contribution in [3.8, 4) is 29.3 Å². The molecule has 13 heteroatoms. The van der Waals surface area contributed by atoms with Crippen molar-refractivity contribution in [3.63, 3.8) is 0 Å². The Bertz CT molecular complexity index is 2370. The average molecular weight is 720 g/mol. The SMILES string of the molecule is COC/C=C/C(=O)N1CC[C@H](n2ncc3c(O[C@@H](C)C4=[N+](C)CCC4)nc4c(F)c(-c5nccc6cccc(C#N)c56)c(Cl)cc4c32)C[C@H]1CC#N. The lowest BCUT2D eigenvalue weighted by Crippen LogP contribution is -2.46. The zero-order valence-electron chi connectivity index (χ0n) is 29.1. The monoisotopic (exact) mass is 719 g/mol. The molecule has 1 amide bonds. The highest BCUT2D eigenvalue weighted by atomic mass is 35.5. The van der Waals surface area contributed by atoms with E-state index in [1.165, 1.54) is 6.08 Å². The number of carbonyl (C=O) groups excluding carboxylic acids is 1. The second kappa shape index (κ2) is 14.7. The van der Waals surface area contributed by atoms with Crippen molar-refractivity contribution >= 4 is 55.8 Å². The van der Waals surface area contributed by atoms with Crippen LogP contribution in [-0.2, 0) is 9.53 Å². The quantitative estimate of drug-likeness (QED) is 0.121. The van der Waals surface area contributed by atoms with Crippen LogP contribution in [-0.4, -0.2) is 86.8 Å². The van der Waals surface area contributed by atoms with Gasteiger partial charge in [-0.3, -0.25) is 14.5 Å². The number of ether oxygens (including phenoxy) is 2. The van der Waals surface area contributed by atoms with Crippen LogP contribution in [0.4, 0.5) is 4.39 Å². The molecule has 2 aliphatic heterocycles. The molecular formula is C39H37ClFN8O3+. The summed E-state index contributed by atoms with van der Waals surface area (Å²) in [4.78, 5) is 24.2. The number of halogens is 2. The first-order valence-corrected chi connectivity index (χ1v) is 17.7. The van der Waals surface area contributed by atoms with Crippen molar-refractivity contribution in [3.05, 3.63) is 71.3 Å². The molecule has 5 heterocycles. The van der Waals surface area contributed by atoms with Gasteiger partial charge in [0.05, 0.1) is 70.2 Å². The van der Waals surface area contributed by atoms with Crippen LogP contribution in [0, 0.1) is 28.5 Å². The highest BCUT2D eigenvalue weighted by molar-refractivity contribution is 6.35. The molecule has 0 bridgehead atoms. The molecule has 11 nitrogen and oxygen atoms in total. The van der Waals surface area contributed by atoms with Crippen LogP contribution in [0.25, 0.3) is 43.8 Å². The lowest BCUT2D eigenvalue weighted by molar-refractivity contribution is -0.491. The molecule has 7 rings (SSSR count). The van der Waals surface area contributed by atoms with Gasteiger partial charge in [0.15, 0.2) is 17.6 Å². The Kier molecular flexibility index (Phi) is 9.87. The van der Waals surface area contributed by atoms with Crippen LogP contribution in [0.15, 0.2) is 54.9 Å². The molecule has 0 spiro atoms. The Morgan fingerprint density at radius 1 is 1.27 bits per heavy atom. The average Bonchev–Trinajstić information content (AvgIpc) is 3.79. The fraction of sp³-hybridized carbons (Fsp3) is 0.359. The summed E-state index contributed by atoms with van der Waals surface area (Å²) in [6.45, 7) is 3.59. The summed E-state index contributed by atoms with van der Waals surface area (Å²) < 4.78 is 32.9. The third-order valence-electron chi connectivity index (χ3n) is 10.2. The first kappa shape index (κ1) is 35.0. The Balaban J connectivity index is 1.40. The van der Waals surface area contributed by atoms with Gasteiger partial charge in [-0.25, -0.2) is 13.9 Å². The van der Waals surface area contributed by atoms with Crippen molar-refractivity contribution in [2.45, 2.75) is 57.2 Å². The van der Waals surface area contributed by atoms with Crippen molar-refractivity contribution < 1.29 is 23.2 Å². The van der Waals surface area contributed by atoms with Crippen molar-refractivity contribution in [2.75, 3.05) is 33.9 Å². The summed E-state index contributed by atoms with van der Waals surface area (Å²) in [6, 6.07) is 12.6. The van der Waals surface area contributed by atoms with Gasteiger partial charge in [0.25, 0.3) is 0 Å². The Morgan fingerprint density at radius 3 is 2.87 bits per heavy atom. The van der Waals surface area contributed by atoms with Gasteiger partial charge in [-0.05, 0) is 43.4 Å². The topological polar surface area (TPSA) is 133 Å². The van der Waals surface area contributed by atoms with Crippen molar-refractivity contribution in [1.82, 2.24) is 24.6 Å². The fourth-order valence-corrected chi connectivity index (χ4v) is 7.99. The summed E-state index contributed by atoms with van der Waals surface area (Å²) in [7, 11) is 3.59. The first-order valence-electron chi connectivity index (χ1n) is 17.3. The van der Waals surface area contributed by atoms with Gasteiger partial charge in [0, 0.05) is 55.6 Å². The lowest BCUT2D eigenvalue weighted by atomic mass is 9.94. The van der Waals surface area contributed by atoms with Crippen LogP contribution in [0.2, 0.25) is 5.02 Å². The van der Waals surface area contributed by atoms with Crippen LogP contribution in [0.5, 0.6) is 5.88 Å². The number of nitriles is 2. The largest absolute Gasteiger partial charge is 0.463 e. The van der Waals surface area contributed by atoms with Gasteiger partial charge in [0.1, 0.15) is 19.1 Å². The molecule has 0 saturated carbocycles. The third kappa shape index (κ3) is 6.23. The number of nitrogens with zero attached hydrogens (tertiary/aromatic N) is 8. The molecule has 52 heavy (non-hydrogen) atoms. The van der Waals surface area contributed by atoms with Gasteiger partial charge in [-0.2, -0.15) is 15.6 Å². The van der Waals surface area contributed by atoms with Crippen LogP contribution in [0.3, 0.4) is 0 Å². The maximum Gasteiger partial charge on any atom is 0.246 e. The Hall–Kier alpha value is -5.43. The maximum atomic E-state index is 17.2. The zero-order chi connectivity index (χ0) is 36.5. The smallest absolute Gasteiger partial charge is 0.246 e. The van der Waals surface area contributed by atoms with E-state index in [0.717, 1.165) is 30.5 Å². The van der Waals surface area contributed by atoms with Crippen molar-refractivity contribution in [1.29, 1.82) is 10.5 Å². The molecule has 1 fully saturated rings. The highest BCUT2D eigenvalue weighted by Crippen LogP contribution is 2.43. The van der Waals surface area contributed by atoms with Gasteiger partial charge >= 0.3 is 0 Å². The van der Waals surface area contributed by atoms with E-state index in [2.05, 4.69) is 21.7 Å². The maximum absolute atomic E-state index is 17.2. The van der Waals surface area contributed by atoms with Gasteiger partial charge in [0.2, 0.25) is 11.8 Å². The van der Waals surface area contributed by atoms with E-state index in [0.29, 0.717) is 53.2 Å². The molecule has 0 N–H and O–H groups in total. The van der Waals surface area contributed by atoms with Crippen LogP contribution >= 0.6 is 11.6 Å². The van der Waals surface area contributed by atoms with Crippen LogP contribution in [0.1, 0.15) is 50.6 Å². The molecule has 1 saturated heterocycles. The van der Waals surface area contributed by atoms with E-state index in [1.807, 2.05) is 24.7 Å². The number of methoxy groups -OCH3 is 1. The van der Waals surface area contributed by atoms with E-state index in [-0.39, 0.29) is 58.2 Å². The minimum atomic E-state index is -0.696. The number of likely N-dealkylation sites (tertiary alicyclic amines) is 1. The van der Waals surface area contributed by atoms with E-state index in [4.69, 9.17) is 31.2 Å². The van der Waals surface area contributed by atoms with E-state index >= 15 is 4.39 Å². The number of carbonyl (C=O) groups is 1. The number of aromatic nitrogens is 4. The Labute approximate surface area is 305 Å². The second-order valence-corrected chi connectivity index (χ2v) is 13.7. The van der Waals surface area contributed by atoms with E-state index in [1.54, 1.807) is 54.7 Å². The summed E-state index contributed by atoms with van der Waals surface area (Å²) >= 11 is 6.99. The van der Waals surface area contributed by atoms with E-state index in [9.17, 15) is 15.3 Å². The number of piperidine rings is 1. The minimum absolute atomic E-state index is 0.0262. The molecule has 0 unspecified atom stereocenters. The van der Waals surface area contributed by atoms with E-state index < -0.39 is 5.82 Å². The molecule has 5 aromatic rings. The number of benzene rings is 2. The first-order chi connectivity index (χ1) is 25.2. The minimum Gasteiger partial charge on any atom is -0.463 e. The summed E-state index contributed by atoms with van der Waals surface area (Å²) in [6.07, 6.45) is 9.10. The second-order valence-electron chi connectivity index (χ2n) is 13.2. The molecular weight excluding hydrogens is 683 g/mol. The molecule has 2 aliphatic rings. The highest BCUT2D eigenvalue weighted by Gasteiger charge is 2.34. The van der Waals surface area contributed by atoms with Gasteiger partial charge < -0.3 is 14.4 Å². The zero-order valence-corrected chi connectivity index (χ0v) is 29.9. The molecule has 0 aliphatic carbocycles. The Morgan fingerprint density at radius 2 is 2.12 bits per heavy atom. The number of rotatable bonds is 9. The molecule has 3 aromatic heterocycles. The molecule has 2 aromatic carbocycles. The van der Waals surface area contributed by atoms with Gasteiger partial charge in [-0.15, -0.1) is 0 Å². The normalized spacial score (nSPS) is 18.4. The van der Waals surface area contributed by atoms with Crippen molar-refractivity contribution in [2.24, 2.45) is 0 Å². The summed E-state index contributed by atoms with van der Waals surface area (Å²) in [5, 5.41) is 26.8. The standard InChI is InChI=1S/C39H37ClFN8O3/c1-23(31-9-5-16-47(31)2)52-39-29-22-45-49(27-13-17-48(26(19-27)11-14-42)32(50)10-6-18-51-3)38(29)28-20-30(40)34(35(41)36(28)46-39)37-33-24(12-15-44-37)7-4-8-25(33)21-43/h4,6-8,10,12,15,20,22-23,26-27H,5,9,11,13,16-19H2,1-3H3/q+1/b10-6+/t23-,26+,27-/m0/s1. The molecule has 3 atom stereocenters. The molecule has 264 valence electrons. The van der Waals surface area contributed by atoms with Gasteiger partial charge in [-0.1, -0.05) is 29.8 Å². The number of amides is 1. The third-order valence-corrected chi connectivity index (χ3v) is 10.5. The van der Waals surface area contributed by atoms with Crippen LogP contribution < -0.4 is 4.74 Å². The predicted octanol–water partition coefficient (Wildman–Crippen LogP) is 6.76. The number of pyridine rings is 2. The fourth-order valence-electron chi connectivity index (χ4n) is 7.71. The number of hydrogen-bond acceptors (Lipinski definition) is 8. The lowest BCUT2D eigenvalue weighted by Gasteiger charge is -2.38. The predicted molar refractivity (Wildman–Crippen MR) is 196 cm³/mol. The number of fused-ring (bicyclic) bond motifs is 4. The number of hydrogen-bond donors (Lipinski definition) is 0. The summed E-state index contributed by atoms with van der Waals surface area (Å²) in [5.74, 6) is -0.648.